The van der Waals surface area contributed by atoms with Crippen LogP contribution >= 0.6 is 7.14 Å². The predicted molar refractivity (Wildman–Crippen MR) is 65.4 cm³/mol. The zero-order chi connectivity index (χ0) is 11.1. The third-order valence-electron chi connectivity index (χ3n) is 3.15. The average molecular weight is 223 g/mol. The number of hydrogen-bond acceptors (Lipinski definition) is 2. The summed E-state index contributed by atoms with van der Waals surface area (Å²) >= 11 is 0. The molecule has 0 aromatic heterocycles. The second-order valence-electron chi connectivity index (χ2n) is 4.78. The molecular weight excluding hydrogens is 205 g/mol. The van der Waals surface area contributed by atoms with Gasteiger partial charge in [0.15, 0.2) is 0 Å². The topological polar surface area (TPSA) is 43.1 Å². The quantitative estimate of drug-likeness (QED) is 0.796. The summed E-state index contributed by atoms with van der Waals surface area (Å²) in [6.45, 7) is 4.41. The summed E-state index contributed by atoms with van der Waals surface area (Å²) in [7, 11) is -2.12. The van der Waals surface area contributed by atoms with E-state index in [-0.39, 0.29) is 0 Å². The minimum absolute atomic E-state index is 0.612. The summed E-state index contributed by atoms with van der Waals surface area (Å²) in [4.78, 5) is 0. The fourth-order valence-electron chi connectivity index (χ4n) is 2.01. The molecule has 2 nitrogen and oxygen atoms in total. The summed E-state index contributed by atoms with van der Waals surface area (Å²) in [6, 6.07) is 8.20. The number of hydrogen-bond donors (Lipinski definition) is 1. The zero-order valence-corrected chi connectivity index (χ0v) is 10.2. The van der Waals surface area contributed by atoms with Crippen LogP contribution in [-0.4, -0.2) is 19.9 Å². The molecule has 82 valence electrons. The molecule has 1 saturated carbocycles. The van der Waals surface area contributed by atoms with Crippen molar-refractivity contribution in [2.75, 3.05) is 19.9 Å². The molecule has 15 heavy (non-hydrogen) atoms. The van der Waals surface area contributed by atoms with E-state index in [1.54, 1.807) is 0 Å². The maximum atomic E-state index is 11.9. The predicted octanol–water partition coefficient (Wildman–Crippen LogP) is 2.00. The molecule has 2 atom stereocenters. The summed E-state index contributed by atoms with van der Waals surface area (Å²) in [5, 5.41) is 0.989. The molecule has 3 heteroatoms. The van der Waals surface area contributed by atoms with Crippen molar-refractivity contribution >= 4 is 12.4 Å². The first-order valence-corrected chi connectivity index (χ1v) is 7.98. The summed E-state index contributed by atoms with van der Waals surface area (Å²) in [5.41, 5.74) is 6.94. The Kier molecular flexibility index (Phi) is 2.74. The van der Waals surface area contributed by atoms with Gasteiger partial charge in [-0.3, -0.25) is 0 Å². The van der Waals surface area contributed by atoms with Gasteiger partial charge in [0.1, 0.15) is 7.14 Å². The molecule has 0 saturated heterocycles. The number of nitrogens with two attached hydrogens (primary N) is 1. The lowest BCUT2D eigenvalue weighted by Gasteiger charge is -2.08. The van der Waals surface area contributed by atoms with Crippen LogP contribution in [0.1, 0.15) is 17.9 Å². The van der Waals surface area contributed by atoms with Gasteiger partial charge in [0, 0.05) is 5.30 Å². The van der Waals surface area contributed by atoms with E-state index in [9.17, 15) is 4.57 Å². The molecule has 0 spiro atoms. The first-order chi connectivity index (χ1) is 7.02. The van der Waals surface area contributed by atoms with Crippen LogP contribution in [0.5, 0.6) is 0 Å². The molecule has 2 N–H and O–H groups in total. The normalized spacial score (nSPS) is 25.3. The molecule has 0 heterocycles. The van der Waals surface area contributed by atoms with Crippen molar-refractivity contribution in [3.05, 3.63) is 29.8 Å². The van der Waals surface area contributed by atoms with Gasteiger partial charge in [-0.25, -0.2) is 0 Å². The summed E-state index contributed by atoms with van der Waals surface area (Å²) < 4.78 is 11.9. The highest BCUT2D eigenvalue weighted by Gasteiger charge is 2.37. The van der Waals surface area contributed by atoms with Crippen LogP contribution in [0.4, 0.5) is 0 Å². The van der Waals surface area contributed by atoms with Crippen molar-refractivity contribution < 1.29 is 4.57 Å². The van der Waals surface area contributed by atoms with Gasteiger partial charge in [0.25, 0.3) is 0 Å². The van der Waals surface area contributed by atoms with Gasteiger partial charge in [-0.15, -0.1) is 0 Å². The third-order valence-corrected chi connectivity index (χ3v) is 4.67. The number of benzene rings is 1. The van der Waals surface area contributed by atoms with Crippen molar-refractivity contribution in [2.24, 2.45) is 11.7 Å². The highest BCUT2D eigenvalue weighted by Crippen LogP contribution is 2.47. The molecule has 1 aliphatic rings. The third kappa shape index (κ3) is 2.32. The van der Waals surface area contributed by atoms with Crippen LogP contribution < -0.4 is 11.0 Å². The van der Waals surface area contributed by atoms with Gasteiger partial charge in [-0.1, -0.05) is 18.2 Å². The van der Waals surface area contributed by atoms with Crippen molar-refractivity contribution in [2.45, 2.75) is 12.3 Å². The van der Waals surface area contributed by atoms with Gasteiger partial charge in [-0.2, -0.15) is 0 Å². The average Bonchev–Trinajstić information content (AvgIpc) is 2.95. The molecular formula is C12H18NOP. The first-order valence-electron chi connectivity index (χ1n) is 5.38. The SMILES string of the molecule is CP(C)(=O)c1cccc(C2CC2CN)c1. The van der Waals surface area contributed by atoms with Crippen LogP contribution in [0.15, 0.2) is 24.3 Å². The zero-order valence-electron chi connectivity index (χ0n) is 9.31. The Hall–Kier alpha value is -0.590. The lowest BCUT2D eigenvalue weighted by molar-refractivity contribution is 0.588. The molecule has 0 amide bonds. The fraction of sp³-hybridized carbons (Fsp3) is 0.500. The standard InChI is InChI=1S/C12H18NOP/c1-15(2,14)11-5-3-4-9(6-11)12-7-10(12)8-13/h3-6,10,12H,7-8,13H2,1-2H3. The minimum Gasteiger partial charge on any atom is -0.330 e. The van der Waals surface area contributed by atoms with E-state index in [0.717, 1.165) is 11.8 Å². The Morgan fingerprint density at radius 2 is 2.20 bits per heavy atom. The molecule has 1 aliphatic carbocycles. The van der Waals surface area contributed by atoms with Crippen molar-refractivity contribution in [3.63, 3.8) is 0 Å². The van der Waals surface area contributed by atoms with Crippen LogP contribution in [0.2, 0.25) is 0 Å². The van der Waals surface area contributed by atoms with E-state index in [1.165, 1.54) is 12.0 Å². The van der Waals surface area contributed by atoms with Crippen LogP contribution in [-0.2, 0) is 4.57 Å². The van der Waals surface area contributed by atoms with E-state index in [2.05, 4.69) is 12.1 Å². The van der Waals surface area contributed by atoms with Crippen LogP contribution in [0.3, 0.4) is 0 Å². The van der Waals surface area contributed by atoms with Gasteiger partial charge in [0.05, 0.1) is 0 Å². The van der Waals surface area contributed by atoms with Gasteiger partial charge in [-0.05, 0) is 49.8 Å². The van der Waals surface area contributed by atoms with Crippen LogP contribution in [0.25, 0.3) is 0 Å². The van der Waals surface area contributed by atoms with Crippen molar-refractivity contribution in [1.29, 1.82) is 0 Å². The van der Waals surface area contributed by atoms with E-state index in [1.807, 2.05) is 25.5 Å². The van der Waals surface area contributed by atoms with E-state index in [4.69, 9.17) is 5.73 Å². The Labute approximate surface area is 91.2 Å². The van der Waals surface area contributed by atoms with Crippen molar-refractivity contribution in [1.82, 2.24) is 0 Å². The van der Waals surface area contributed by atoms with E-state index in [0.29, 0.717) is 11.8 Å². The lowest BCUT2D eigenvalue weighted by atomic mass is 10.1. The second-order valence-corrected chi connectivity index (χ2v) is 8.00. The van der Waals surface area contributed by atoms with E-state index < -0.39 is 7.14 Å². The lowest BCUT2D eigenvalue weighted by Crippen LogP contribution is -2.05. The number of rotatable bonds is 3. The molecule has 0 radical (unpaired) electrons. The Bertz CT molecular complexity index is 410. The first kappa shape index (κ1) is 10.9. The van der Waals surface area contributed by atoms with Crippen molar-refractivity contribution in [3.8, 4) is 0 Å². The second kappa shape index (κ2) is 3.77. The largest absolute Gasteiger partial charge is 0.330 e. The van der Waals surface area contributed by atoms with Gasteiger partial charge < -0.3 is 10.3 Å². The molecule has 1 fully saturated rings. The van der Waals surface area contributed by atoms with Gasteiger partial charge in [0.2, 0.25) is 0 Å². The molecule has 2 rings (SSSR count). The van der Waals surface area contributed by atoms with E-state index >= 15 is 0 Å². The summed E-state index contributed by atoms with van der Waals surface area (Å²) in [6.07, 6.45) is 1.19. The maximum Gasteiger partial charge on any atom is 0.109 e. The highest BCUT2D eigenvalue weighted by molar-refractivity contribution is 7.70. The smallest absolute Gasteiger partial charge is 0.109 e. The minimum atomic E-state index is -2.12. The Morgan fingerprint density at radius 3 is 2.73 bits per heavy atom. The molecule has 1 aromatic rings. The fourth-order valence-corrected chi connectivity index (χ4v) is 2.91. The molecule has 0 aliphatic heterocycles. The molecule has 0 bridgehead atoms. The highest BCUT2D eigenvalue weighted by atomic mass is 31.2. The monoisotopic (exact) mass is 223 g/mol. The van der Waals surface area contributed by atoms with Gasteiger partial charge >= 0.3 is 0 Å². The molecule has 1 aromatic carbocycles. The Morgan fingerprint density at radius 1 is 1.47 bits per heavy atom. The maximum absolute atomic E-state index is 11.9. The van der Waals surface area contributed by atoms with Crippen LogP contribution in [0, 0.1) is 5.92 Å². The molecule has 2 unspecified atom stereocenters. The summed E-state index contributed by atoms with van der Waals surface area (Å²) in [5.74, 6) is 1.26. The Balaban J connectivity index is 2.25.